The summed E-state index contributed by atoms with van der Waals surface area (Å²) < 4.78 is 5.70. The summed E-state index contributed by atoms with van der Waals surface area (Å²) in [5, 5.41) is 0.748. The first-order chi connectivity index (χ1) is 10.2. The predicted molar refractivity (Wildman–Crippen MR) is 101 cm³/mol. The van der Waals surface area contributed by atoms with Crippen LogP contribution in [0.25, 0.3) is 0 Å². The second-order valence-corrected chi connectivity index (χ2v) is 6.16. The largest absolute Gasteiger partial charge is 0.493 e. The number of nitrogens with two attached hydrogens (primary N) is 1. The summed E-state index contributed by atoms with van der Waals surface area (Å²) in [5.74, 6) is 1.59. The van der Waals surface area contributed by atoms with E-state index < -0.39 is 0 Å². The molecule has 0 radical (unpaired) electrons. The number of halogens is 2. The summed E-state index contributed by atoms with van der Waals surface area (Å²) in [4.78, 5) is 6.75. The number of ether oxygens (including phenoxy) is 1. The highest BCUT2D eigenvalue weighted by molar-refractivity contribution is 14.0. The predicted octanol–water partition coefficient (Wildman–Crippen LogP) is 3.58. The number of guanidine groups is 1. The van der Waals surface area contributed by atoms with E-state index in [1.165, 1.54) is 31.2 Å². The molecule has 0 spiro atoms. The molecule has 22 heavy (non-hydrogen) atoms. The zero-order valence-corrected chi connectivity index (χ0v) is 15.8. The van der Waals surface area contributed by atoms with Gasteiger partial charge in [0.2, 0.25) is 0 Å². The van der Waals surface area contributed by atoms with Gasteiger partial charge in [-0.2, -0.15) is 0 Å². The molecule has 2 N–H and O–H groups in total. The van der Waals surface area contributed by atoms with Crippen LogP contribution in [0.3, 0.4) is 0 Å². The summed E-state index contributed by atoms with van der Waals surface area (Å²) in [5.41, 5.74) is 8.37. The SMILES string of the molecule is I.NC(=NCc1cc(Cl)cc2c1OCC2)N1CCCCCC1. The van der Waals surface area contributed by atoms with E-state index in [0.29, 0.717) is 12.5 Å². The lowest BCUT2D eigenvalue weighted by atomic mass is 10.1. The van der Waals surface area contributed by atoms with Gasteiger partial charge in [-0.3, -0.25) is 0 Å². The van der Waals surface area contributed by atoms with Crippen molar-refractivity contribution in [3.8, 4) is 5.75 Å². The lowest BCUT2D eigenvalue weighted by molar-refractivity contribution is 0.353. The Hall–Kier alpha value is -0.690. The van der Waals surface area contributed by atoms with Crippen LogP contribution in [0.1, 0.15) is 36.8 Å². The highest BCUT2D eigenvalue weighted by Gasteiger charge is 2.18. The first-order valence-electron chi connectivity index (χ1n) is 7.73. The van der Waals surface area contributed by atoms with E-state index in [1.54, 1.807) is 0 Å². The van der Waals surface area contributed by atoms with Crippen LogP contribution >= 0.6 is 35.6 Å². The number of aliphatic imine (C=N–C) groups is 1. The maximum atomic E-state index is 6.17. The number of fused-ring (bicyclic) bond motifs is 1. The van der Waals surface area contributed by atoms with Gasteiger partial charge in [0, 0.05) is 30.1 Å². The van der Waals surface area contributed by atoms with Crippen molar-refractivity contribution >= 4 is 41.5 Å². The summed E-state index contributed by atoms with van der Waals surface area (Å²) in [6.07, 6.45) is 5.91. The number of hydrogen-bond acceptors (Lipinski definition) is 2. The van der Waals surface area contributed by atoms with Gasteiger partial charge in [0.15, 0.2) is 5.96 Å². The first-order valence-corrected chi connectivity index (χ1v) is 8.11. The zero-order valence-electron chi connectivity index (χ0n) is 12.7. The molecular formula is C16H23ClIN3O. The first kappa shape index (κ1) is 17.7. The van der Waals surface area contributed by atoms with Crippen LogP contribution in [0.4, 0.5) is 0 Å². The molecule has 0 aromatic heterocycles. The third kappa shape index (κ3) is 4.19. The number of likely N-dealkylation sites (tertiary alicyclic amines) is 1. The van der Waals surface area contributed by atoms with Crippen molar-refractivity contribution in [2.45, 2.75) is 38.6 Å². The van der Waals surface area contributed by atoms with E-state index in [0.717, 1.165) is 42.5 Å². The minimum atomic E-state index is 0. The molecule has 1 aromatic carbocycles. The number of rotatable bonds is 2. The average molecular weight is 436 g/mol. The molecule has 1 aromatic rings. The normalized spacial score (nSPS) is 18.2. The molecule has 6 heteroatoms. The molecule has 0 unspecified atom stereocenters. The Kier molecular flexibility index (Phi) is 6.62. The zero-order chi connectivity index (χ0) is 14.7. The van der Waals surface area contributed by atoms with Crippen LogP contribution in [0.15, 0.2) is 17.1 Å². The number of benzene rings is 1. The van der Waals surface area contributed by atoms with Gasteiger partial charge in [-0.05, 0) is 30.5 Å². The van der Waals surface area contributed by atoms with Crippen LogP contribution in [0, 0.1) is 0 Å². The van der Waals surface area contributed by atoms with Crippen molar-refractivity contribution in [2.75, 3.05) is 19.7 Å². The van der Waals surface area contributed by atoms with Crippen LogP contribution in [0.2, 0.25) is 5.02 Å². The Morgan fingerprint density at radius 2 is 1.95 bits per heavy atom. The molecule has 0 atom stereocenters. The molecular weight excluding hydrogens is 413 g/mol. The van der Waals surface area contributed by atoms with Gasteiger partial charge in [0.1, 0.15) is 5.75 Å². The lowest BCUT2D eigenvalue weighted by Crippen LogP contribution is -2.38. The highest BCUT2D eigenvalue weighted by Crippen LogP contribution is 2.33. The average Bonchev–Trinajstić information content (AvgIpc) is 2.77. The fourth-order valence-corrected chi connectivity index (χ4v) is 3.29. The Morgan fingerprint density at radius 1 is 1.23 bits per heavy atom. The third-order valence-electron chi connectivity index (χ3n) is 4.17. The molecule has 1 saturated heterocycles. The second-order valence-electron chi connectivity index (χ2n) is 5.73. The van der Waals surface area contributed by atoms with E-state index in [2.05, 4.69) is 9.89 Å². The van der Waals surface area contributed by atoms with E-state index >= 15 is 0 Å². The maximum Gasteiger partial charge on any atom is 0.191 e. The van der Waals surface area contributed by atoms with Gasteiger partial charge in [0.05, 0.1) is 13.2 Å². The standard InChI is InChI=1S/C16H22ClN3O.HI/c17-14-9-12-5-8-21-15(12)13(10-14)11-19-16(18)20-6-3-1-2-4-7-20;/h9-10H,1-8,11H2,(H2,18,19);1H. The molecule has 2 aliphatic rings. The minimum absolute atomic E-state index is 0. The van der Waals surface area contributed by atoms with E-state index in [-0.39, 0.29) is 24.0 Å². The summed E-state index contributed by atoms with van der Waals surface area (Å²) >= 11 is 6.17. The number of hydrogen-bond donors (Lipinski definition) is 1. The van der Waals surface area contributed by atoms with Crippen molar-refractivity contribution in [3.63, 3.8) is 0 Å². The number of nitrogens with zero attached hydrogens (tertiary/aromatic N) is 2. The highest BCUT2D eigenvalue weighted by atomic mass is 127. The van der Waals surface area contributed by atoms with Crippen LogP contribution < -0.4 is 10.5 Å². The fourth-order valence-electron chi connectivity index (χ4n) is 3.03. The molecule has 0 amide bonds. The Labute approximate surface area is 154 Å². The lowest BCUT2D eigenvalue weighted by Gasteiger charge is -2.21. The van der Waals surface area contributed by atoms with Gasteiger partial charge in [-0.1, -0.05) is 24.4 Å². The van der Waals surface area contributed by atoms with Crippen molar-refractivity contribution in [1.29, 1.82) is 0 Å². The quantitative estimate of drug-likeness (QED) is 0.439. The van der Waals surface area contributed by atoms with E-state index in [9.17, 15) is 0 Å². The molecule has 4 nitrogen and oxygen atoms in total. The molecule has 1 fully saturated rings. The third-order valence-corrected chi connectivity index (χ3v) is 4.39. The van der Waals surface area contributed by atoms with Crippen molar-refractivity contribution in [2.24, 2.45) is 10.7 Å². The van der Waals surface area contributed by atoms with Gasteiger partial charge in [-0.15, -0.1) is 24.0 Å². The topological polar surface area (TPSA) is 50.9 Å². The summed E-state index contributed by atoms with van der Waals surface area (Å²) in [6.45, 7) is 3.29. The van der Waals surface area contributed by atoms with Crippen LogP contribution in [0.5, 0.6) is 5.75 Å². The molecule has 0 aliphatic carbocycles. The van der Waals surface area contributed by atoms with E-state index in [1.807, 2.05) is 12.1 Å². The molecule has 2 aliphatic heterocycles. The monoisotopic (exact) mass is 435 g/mol. The van der Waals surface area contributed by atoms with Crippen LogP contribution in [-0.2, 0) is 13.0 Å². The summed E-state index contributed by atoms with van der Waals surface area (Å²) in [7, 11) is 0. The van der Waals surface area contributed by atoms with Gasteiger partial charge >= 0.3 is 0 Å². The fraction of sp³-hybridized carbons (Fsp3) is 0.562. The Morgan fingerprint density at radius 3 is 2.68 bits per heavy atom. The van der Waals surface area contributed by atoms with Crippen molar-refractivity contribution in [3.05, 3.63) is 28.3 Å². The molecule has 0 bridgehead atoms. The van der Waals surface area contributed by atoms with Gasteiger partial charge in [0.25, 0.3) is 0 Å². The molecule has 3 rings (SSSR count). The smallest absolute Gasteiger partial charge is 0.191 e. The van der Waals surface area contributed by atoms with Crippen LogP contribution in [-0.4, -0.2) is 30.6 Å². The summed E-state index contributed by atoms with van der Waals surface area (Å²) in [6, 6.07) is 3.92. The molecule has 0 saturated carbocycles. The van der Waals surface area contributed by atoms with Gasteiger partial charge < -0.3 is 15.4 Å². The van der Waals surface area contributed by atoms with Crippen molar-refractivity contribution < 1.29 is 4.74 Å². The Bertz CT molecular complexity index is 542. The van der Waals surface area contributed by atoms with Gasteiger partial charge in [-0.25, -0.2) is 4.99 Å². The molecule has 2 heterocycles. The second kappa shape index (κ2) is 8.24. The molecule has 122 valence electrons. The minimum Gasteiger partial charge on any atom is -0.493 e. The van der Waals surface area contributed by atoms with E-state index in [4.69, 9.17) is 22.1 Å². The Balaban J connectivity index is 0.00000176. The van der Waals surface area contributed by atoms with Crippen molar-refractivity contribution in [1.82, 2.24) is 4.90 Å². The maximum absolute atomic E-state index is 6.17.